The van der Waals surface area contributed by atoms with Crippen LogP contribution in [0, 0.1) is 5.92 Å². The Bertz CT molecular complexity index is 623. The van der Waals surface area contributed by atoms with Crippen LogP contribution < -0.4 is 16.4 Å². The molecule has 0 radical (unpaired) electrons. The molecule has 0 spiro atoms. The number of nitrogens with two attached hydrogens (primary N) is 1. The molecule has 2 aliphatic carbocycles. The number of hydrogen-bond acceptors (Lipinski definition) is 3. The molecule has 2 fully saturated rings. The molecule has 0 unspecified atom stereocenters. The number of nitrogens with one attached hydrogen (secondary N) is 2. The third kappa shape index (κ3) is 5.21. The number of hydrogen-bond donors (Lipinski definition) is 3. The quantitative estimate of drug-likeness (QED) is 0.731. The minimum absolute atomic E-state index is 0. The fourth-order valence-electron chi connectivity index (χ4n) is 3.96. The maximum absolute atomic E-state index is 12.4. The highest BCUT2D eigenvalue weighted by Crippen LogP contribution is 2.27. The molecule has 0 bridgehead atoms. The summed E-state index contributed by atoms with van der Waals surface area (Å²) < 4.78 is 0. The van der Waals surface area contributed by atoms with E-state index >= 15 is 0 Å². The molecule has 2 amide bonds. The van der Waals surface area contributed by atoms with Gasteiger partial charge in [-0.1, -0.05) is 44.2 Å². The van der Waals surface area contributed by atoms with E-state index in [2.05, 4.69) is 10.6 Å². The third-order valence-electron chi connectivity index (χ3n) is 5.57. The molecule has 2 aliphatic rings. The topological polar surface area (TPSA) is 84.2 Å². The van der Waals surface area contributed by atoms with Crippen molar-refractivity contribution >= 4 is 29.9 Å². The lowest BCUT2D eigenvalue weighted by Crippen LogP contribution is -2.51. The first-order chi connectivity index (χ1) is 12.1. The number of rotatable bonds is 5. The minimum atomic E-state index is -0.702. The van der Waals surface area contributed by atoms with Crippen LogP contribution in [0.3, 0.4) is 0 Å². The Labute approximate surface area is 161 Å². The molecular weight excluding hydrogens is 350 g/mol. The molecule has 0 atom stereocenters. The SMILES string of the molecule is Cl.NC1(C(=O)NCc2cccc(NC(=O)C3CCCCC3)c2)CCCC1. The van der Waals surface area contributed by atoms with E-state index in [9.17, 15) is 9.59 Å². The lowest BCUT2D eigenvalue weighted by atomic mass is 9.88. The van der Waals surface area contributed by atoms with Crippen LogP contribution in [0.5, 0.6) is 0 Å². The Morgan fingerprint density at radius 2 is 1.77 bits per heavy atom. The standard InChI is InChI=1S/C20H29N3O2.ClH/c21-20(11-4-5-12-20)19(25)22-14-15-7-6-10-17(13-15)23-18(24)16-8-2-1-3-9-16;/h6-7,10,13,16H,1-5,8-9,11-12,14,21H2,(H,22,25)(H,23,24);1H. The van der Waals surface area contributed by atoms with E-state index in [1.165, 1.54) is 6.42 Å². The summed E-state index contributed by atoms with van der Waals surface area (Å²) in [6.07, 6.45) is 9.06. The Morgan fingerprint density at radius 3 is 2.46 bits per heavy atom. The van der Waals surface area contributed by atoms with Crippen molar-refractivity contribution < 1.29 is 9.59 Å². The molecule has 0 aliphatic heterocycles. The smallest absolute Gasteiger partial charge is 0.240 e. The van der Waals surface area contributed by atoms with Gasteiger partial charge >= 0.3 is 0 Å². The van der Waals surface area contributed by atoms with Crippen molar-refractivity contribution in [1.82, 2.24) is 5.32 Å². The van der Waals surface area contributed by atoms with Crippen LogP contribution in [0.2, 0.25) is 0 Å². The number of amides is 2. The van der Waals surface area contributed by atoms with Gasteiger partial charge in [0.05, 0.1) is 5.54 Å². The minimum Gasteiger partial charge on any atom is -0.350 e. The number of carbonyl (C=O) groups excluding carboxylic acids is 2. The predicted molar refractivity (Wildman–Crippen MR) is 106 cm³/mol. The second-order valence-corrected chi connectivity index (χ2v) is 7.57. The van der Waals surface area contributed by atoms with Crippen molar-refractivity contribution in [3.63, 3.8) is 0 Å². The van der Waals surface area contributed by atoms with Crippen LogP contribution >= 0.6 is 12.4 Å². The Hall–Kier alpha value is -1.59. The van der Waals surface area contributed by atoms with Gasteiger partial charge in [0.1, 0.15) is 0 Å². The van der Waals surface area contributed by atoms with Gasteiger partial charge in [-0.3, -0.25) is 9.59 Å². The average Bonchev–Trinajstić information content (AvgIpc) is 3.09. The van der Waals surface area contributed by atoms with Gasteiger partial charge < -0.3 is 16.4 Å². The number of halogens is 1. The van der Waals surface area contributed by atoms with E-state index in [1.54, 1.807) is 0 Å². The maximum Gasteiger partial charge on any atom is 0.240 e. The van der Waals surface area contributed by atoms with Crippen LogP contribution in [-0.2, 0) is 16.1 Å². The number of carbonyl (C=O) groups is 2. The van der Waals surface area contributed by atoms with Crippen molar-refractivity contribution in [2.24, 2.45) is 11.7 Å². The van der Waals surface area contributed by atoms with Gasteiger partial charge in [0.2, 0.25) is 11.8 Å². The largest absolute Gasteiger partial charge is 0.350 e. The molecule has 4 N–H and O–H groups in total. The molecule has 1 aromatic carbocycles. The van der Waals surface area contributed by atoms with Crippen molar-refractivity contribution in [2.45, 2.75) is 69.9 Å². The zero-order chi connectivity index (χ0) is 17.7. The van der Waals surface area contributed by atoms with Crippen LogP contribution in [-0.4, -0.2) is 17.4 Å². The summed E-state index contributed by atoms with van der Waals surface area (Å²) in [4.78, 5) is 24.7. The van der Waals surface area contributed by atoms with Gasteiger partial charge in [0.25, 0.3) is 0 Å². The van der Waals surface area contributed by atoms with Crippen molar-refractivity contribution in [2.75, 3.05) is 5.32 Å². The summed E-state index contributed by atoms with van der Waals surface area (Å²) in [6.45, 7) is 0.435. The molecule has 144 valence electrons. The van der Waals surface area contributed by atoms with Crippen LogP contribution in [0.25, 0.3) is 0 Å². The Kier molecular flexibility index (Phi) is 7.47. The summed E-state index contributed by atoms with van der Waals surface area (Å²) in [5, 5.41) is 5.97. The fourth-order valence-corrected chi connectivity index (χ4v) is 3.96. The zero-order valence-electron chi connectivity index (χ0n) is 15.3. The monoisotopic (exact) mass is 379 g/mol. The van der Waals surface area contributed by atoms with E-state index < -0.39 is 5.54 Å². The van der Waals surface area contributed by atoms with Crippen LogP contribution in [0.15, 0.2) is 24.3 Å². The normalized spacial score (nSPS) is 19.4. The number of benzene rings is 1. The second-order valence-electron chi connectivity index (χ2n) is 7.57. The van der Waals surface area contributed by atoms with Crippen LogP contribution in [0.4, 0.5) is 5.69 Å². The lowest BCUT2D eigenvalue weighted by molar-refractivity contribution is -0.126. The van der Waals surface area contributed by atoms with Gasteiger partial charge in [-0.05, 0) is 43.4 Å². The molecule has 2 saturated carbocycles. The van der Waals surface area contributed by atoms with Gasteiger partial charge in [-0.25, -0.2) is 0 Å². The molecule has 1 aromatic rings. The summed E-state index contributed by atoms with van der Waals surface area (Å²) in [7, 11) is 0. The maximum atomic E-state index is 12.4. The van der Waals surface area contributed by atoms with E-state index in [0.717, 1.165) is 62.6 Å². The molecule has 0 heterocycles. The summed E-state index contributed by atoms with van der Waals surface area (Å²) >= 11 is 0. The molecule has 0 aromatic heterocycles. The van der Waals surface area contributed by atoms with Crippen molar-refractivity contribution in [1.29, 1.82) is 0 Å². The van der Waals surface area contributed by atoms with Gasteiger partial charge in [-0.2, -0.15) is 0 Å². The first kappa shape index (κ1) is 20.7. The highest BCUT2D eigenvalue weighted by Gasteiger charge is 2.36. The molecule has 6 heteroatoms. The van der Waals surface area contributed by atoms with Gasteiger partial charge in [-0.15, -0.1) is 12.4 Å². The highest BCUT2D eigenvalue weighted by molar-refractivity contribution is 5.92. The molecule has 0 saturated heterocycles. The molecule has 3 rings (SSSR count). The summed E-state index contributed by atoms with van der Waals surface area (Å²) in [5.41, 5.74) is 7.24. The van der Waals surface area contributed by atoms with E-state index in [4.69, 9.17) is 5.73 Å². The predicted octanol–water partition coefficient (Wildman–Crippen LogP) is 3.51. The first-order valence-corrected chi connectivity index (χ1v) is 9.54. The van der Waals surface area contributed by atoms with E-state index in [-0.39, 0.29) is 30.1 Å². The molecule has 5 nitrogen and oxygen atoms in total. The number of anilines is 1. The Balaban J connectivity index is 0.00000243. The summed E-state index contributed by atoms with van der Waals surface area (Å²) in [5.74, 6) is 0.186. The van der Waals surface area contributed by atoms with Crippen molar-refractivity contribution in [3.8, 4) is 0 Å². The van der Waals surface area contributed by atoms with Gasteiger partial charge in [0, 0.05) is 18.2 Å². The lowest BCUT2D eigenvalue weighted by Gasteiger charge is -2.22. The third-order valence-corrected chi connectivity index (χ3v) is 5.57. The van der Waals surface area contributed by atoms with Crippen molar-refractivity contribution in [3.05, 3.63) is 29.8 Å². The highest BCUT2D eigenvalue weighted by atomic mass is 35.5. The van der Waals surface area contributed by atoms with Gasteiger partial charge in [0.15, 0.2) is 0 Å². The van der Waals surface area contributed by atoms with E-state index in [1.807, 2.05) is 24.3 Å². The first-order valence-electron chi connectivity index (χ1n) is 9.54. The average molecular weight is 380 g/mol. The summed E-state index contributed by atoms with van der Waals surface area (Å²) in [6, 6.07) is 7.69. The Morgan fingerprint density at radius 1 is 1.08 bits per heavy atom. The van der Waals surface area contributed by atoms with Crippen LogP contribution in [0.1, 0.15) is 63.4 Å². The zero-order valence-corrected chi connectivity index (χ0v) is 16.1. The fraction of sp³-hybridized carbons (Fsp3) is 0.600. The second kappa shape index (κ2) is 9.38. The molecule has 26 heavy (non-hydrogen) atoms. The van der Waals surface area contributed by atoms with E-state index in [0.29, 0.717) is 6.54 Å². The molecular formula is C20H30ClN3O2.